The maximum Gasteiger partial charge on any atom is 0.303 e. The molecule has 49 valence electrons. The molecule has 0 aromatic heterocycles. The fraction of sp³-hybridized carbons (Fsp3) is 0.750. The quantitative estimate of drug-likeness (QED) is 0.559. The number of carboxylic acids is 1. The summed E-state index contributed by atoms with van der Waals surface area (Å²) in [6.45, 7) is 0.465. The molecule has 0 saturated heterocycles. The smallest absolute Gasteiger partial charge is 0.303 e. The van der Waals surface area contributed by atoms with E-state index in [2.05, 4.69) is 0 Å². The third-order valence-corrected chi connectivity index (χ3v) is 0.595. The standard InChI is InChI=1S/C4H9NO2.Mn/c5-3-1-2-4(6)7;/h1-3,5H2,(H,6,7);. The normalized spacial score (nSPS) is 7.62. The van der Waals surface area contributed by atoms with Crippen LogP contribution in [-0.4, -0.2) is 17.6 Å². The first-order chi connectivity index (χ1) is 3.27. The Labute approximate surface area is 58.7 Å². The second kappa shape index (κ2) is 6.95. The Morgan fingerprint density at radius 3 is 2.25 bits per heavy atom. The van der Waals surface area contributed by atoms with Crippen molar-refractivity contribution in [3.63, 3.8) is 0 Å². The molecule has 1 radical (unpaired) electrons. The number of carboxylic acid groups (broad SMARTS) is 1. The van der Waals surface area contributed by atoms with Gasteiger partial charge in [-0.25, -0.2) is 0 Å². The third-order valence-electron chi connectivity index (χ3n) is 0.595. The van der Waals surface area contributed by atoms with Crippen molar-refractivity contribution >= 4 is 5.97 Å². The molecule has 3 N–H and O–H groups in total. The third kappa shape index (κ3) is 9.34. The predicted molar refractivity (Wildman–Crippen MR) is 25.9 cm³/mol. The van der Waals surface area contributed by atoms with E-state index in [1.165, 1.54) is 0 Å². The van der Waals surface area contributed by atoms with Crippen molar-refractivity contribution in [3.8, 4) is 0 Å². The number of aliphatic carboxylic acids is 1. The molecule has 4 heteroatoms. The van der Waals surface area contributed by atoms with Crippen LogP contribution in [0.15, 0.2) is 0 Å². The molecule has 8 heavy (non-hydrogen) atoms. The average Bonchev–Trinajstić information content (AvgIpc) is 1.61. The van der Waals surface area contributed by atoms with Crippen LogP contribution in [0.2, 0.25) is 0 Å². The monoisotopic (exact) mass is 158 g/mol. The molecule has 3 nitrogen and oxygen atoms in total. The summed E-state index contributed by atoms with van der Waals surface area (Å²) < 4.78 is 0. The van der Waals surface area contributed by atoms with Crippen molar-refractivity contribution in [2.75, 3.05) is 6.54 Å². The van der Waals surface area contributed by atoms with Crippen molar-refractivity contribution in [1.82, 2.24) is 0 Å². The molecule has 0 unspecified atom stereocenters. The van der Waals surface area contributed by atoms with Gasteiger partial charge in [0.15, 0.2) is 0 Å². The van der Waals surface area contributed by atoms with Crippen molar-refractivity contribution < 1.29 is 27.0 Å². The minimum absolute atomic E-state index is 0. The first-order valence-electron chi connectivity index (χ1n) is 2.19. The fourth-order valence-corrected chi connectivity index (χ4v) is 0.253. The SMILES string of the molecule is NCCCC(=O)O.[Mn]. The van der Waals surface area contributed by atoms with Gasteiger partial charge in [-0.15, -0.1) is 0 Å². The van der Waals surface area contributed by atoms with Gasteiger partial charge in [0.25, 0.3) is 0 Å². The van der Waals surface area contributed by atoms with Crippen LogP contribution < -0.4 is 5.73 Å². The van der Waals surface area contributed by atoms with E-state index in [0.717, 1.165) is 0 Å². The Balaban J connectivity index is 0. The fourth-order valence-electron chi connectivity index (χ4n) is 0.253. The predicted octanol–water partition coefficient (Wildman–Crippen LogP) is -0.193. The molecule has 0 amide bonds. The molecule has 0 saturated carbocycles. The van der Waals surface area contributed by atoms with Crippen molar-refractivity contribution in [3.05, 3.63) is 0 Å². The maximum atomic E-state index is 9.70. The summed E-state index contributed by atoms with van der Waals surface area (Å²) in [5.41, 5.74) is 5.01. The van der Waals surface area contributed by atoms with E-state index in [-0.39, 0.29) is 23.5 Å². The molecule has 0 aromatic rings. The number of hydrogen-bond acceptors (Lipinski definition) is 2. The van der Waals surface area contributed by atoms with Crippen LogP contribution in [0.4, 0.5) is 0 Å². The van der Waals surface area contributed by atoms with Gasteiger partial charge in [-0.3, -0.25) is 4.79 Å². The summed E-state index contributed by atoms with van der Waals surface area (Å²) in [6.07, 6.45) is 0.770. The second-order valence-electron chi connectivity index (χ2n) is 1.29. The minimum atomic E-state index is -0.773. The molecule has 0 bridgehead atoms. The molecule has 0 heterocycles. The van der Waals surface area contributed by atoms with Crippen LogP contribution in [0.3, 0.4) is 0 Å². The molecule has 0 aliphatic rings. The first kappa shape index (κ1) is 10.8. The Morgan fingerprint density at radius 1 is 1.62 bits per heavy atom. The summed E-state index contributed by atoms with van der Waals surface area (Å²) in [5, 5.41) is 7.99. The molecule has 0 aliphatic carbocycles. The van der Waals surface area contributed by atoms with Gasteiger partial charge >= 0.3 is 5.97 Å². The van der Waals surface area contributed by atoms with Crippen molar-refractivity contribution in [1.29, 1.82) is 0 Å². The Bertz CT molecular complexity index is 67.1. The van der Waals surface area contributed by atoms with E-state index >= 15 is 0 Å². The van der Waals surface area contributed by atoms with Crippen LogP contribution in [0.5, 0.6) is 0 Å². The second-order valence-corrected chi connectivity index (χ2v) is 1.29. The molecular formula is C4H9MnNO2. The summed E-state index contributed by atoms with van der Waals surface area (Å²) in [4.78, 5) is 9.70. The minimum Gasteiger partial charge on any atom is -0.481 e. The molecule has 0 aromatic carbocycles. The van der Waals surface area contributed by atoms with E-state index < -0.39 is 5.97 Å². The summed E-state index contributed by atoms with van der Waals surface area (Å²) in [6, 6.07) is 0. The van der Waals surface area contributed by atoms with E-state index in [9.17, 15) is 4.79 Å². The van der Waals surface area contributed by atoms with Gasteiger partial charge in [0, 0.05) is 23.5 Å². The van der Waals surface area contributed by atoms with E-state index in [1.54, 1.807) is 0 Å². The Kier molecular flexibility index (Phi) is 9.42. The molecular weight excluding hydrogens is 149 g/mol. The molecule has 0 spiro atoms. The Morgan fingerprint density at radius 2 is 2.12 bits per heavy atom. The topological polar surface area (TPSA) is 63.3 Å². The molecule has 0 atom stereocenters. The summed E-state index contributed by atoms with van der Waals surface area (Å²) in [7, 11) is 0. The van der Waals surface area contributed by atoms with Gasteiger partial charge in [0.05, 0.1) is 0 Å². The van der Waals surface area contributed by atoms with E-state index in [0.29, 0.717) is 13.0 Å². The van der Waals surface area contributed by atoms with Crippen molar-refractivity contribution in [2.45, 2.75) is 12.8 Å². The molecule has 0 aliphatic heterocycles. The molecule has 0 rings (SSSR count). The van der Waals surface area contributed by atoms with Crippen LogP contribution in [0, 0.1) is 0 Å². The van der Waals surface area contributed by atoms with Crippen LogP contribution in [0.25, 0.3) is 0 Å². The number of carbonyl (C=O) groups is 1. The zero-order valence-corrected chi connectivity index (χ0v) is 5.61. The summed E-state index contributed by atoms with van der Waals surface area (Å²) in [5.74, 6) is -0.773. The zero-order chi connectivity index (χ0) is 5.70. The van der Waals surface area contributed by atoms with Crippen LogP contribution in [-0.2, 0) is 21.9 Å². The largest absolute Gasteiger partial charge is 0.481 e. The van der Waals surface area contributed by atoms with E-state index in [4.69, 9.17) is 10.8 Å². The number of hydrogen-bond donors (Lipinski definition) is 2. The maximum absolute atomic E-state index is 9.70. The van der Waals surface area contributed by atoms with Gasteiger partial charge in [0.2, 0.25) is 0 Å². The van der Waals surface area contributed by atoms with Gasteiger partial charge in [-0.05, 0) is 13.0 Å². The van der Waals surface area contributed by atoms with Gasteiger partial charge < -0.3 is 10.8 Å². The first-order valence-corrected chi connectivity index (χ1v) is 2.19. The number of rotatable bonds is 3. The van der Waals surface area contributed by atoms with Crippen molar-refractivity contribution in [2.24, 2.45) is 5.73 Å². The van der Waals surface area contributed by atoms with E-state index in [1.807, 2.05) is 0 Å². The van der Waals surface area contributed by atoms with Crippen LogP contribution in [0.1, 0.15) is 12.8 Å². The van der Waals surface area contributed by atoms with Gasteiger partial charge in [0.1, 0.15) is 0 Å². The molecule has 0 fully saturated rings. The average molecular weight is 158 g/mol. The van der Waals surface area contributed by atoms with Crippen LogP contribution >= 0.6 is 0 Å². The summed E-state index contributed by atoms with van der Waals surface area (Å²) >= 11 is 0. The van der Waals surface area contributed by atoms with Gasteiger partial charge in [-0.1, -0.05) is 0 Å². The zero-order valence-electron chi connectivity index (χ0n) is 4.43. The Hall–Kier alpha value is -0.0505. The number of nitrogens with two attached hydrogens (primary N) is 1. The van der Waals surface area contributed by atoms with Gasteiger partial charge in [-0.2, -0.15) is 0 Å².